The quantitative estimate of drug-likeness (QED) is 0.842. The number of Topliss-reactive ketones (excluding diaryl/α,β-unsaturated/α-hetero) is 1. The van der Waals surface area contributed by atoms with Gasteiger partial charge in [0.2, 0.25) is 0 Å². The normalized spacial score (nSPS) is 10.2. The lowest BCUT2D eigenvalue weighted by atomic mass is 10.1. The number of nitrogens with two attached hydrogens (primary N) is 1. The van der Waals surface area contributed by atoms with Gasteiger partial charge < -0.3 is 10.5 Å². The number of primary amides is 1. The van der Waals surface area contributed by atoms with E-state index in [1.54, 1.807) is 24.3 Å². The molecule has 0 aliphatic rings. The van der Waals surface area contributed by atoms with Crippen LogP contribution in [0.4, 0.5) is 4.39 Å². The third-order valence-electron chi connectivity index (χ3n) is 2.73. The second-order valence-electron chi connectivity index (χ2n) is 4.20. The Bertz CT molecular complexity index is 703. The zero-order valence-electron chi connectivity index (χ0n) is 10.8. The first-order valence-electron chi connectivity index (χ1n) is 5.99. The number of benzene rings is 2. The standard InChI is InChI=1S/C15H11BrFNO3/c16-10-4-1-3-9(7-10)12(19)8-21-13-6-2-5-11(17)14(13)15(18)20/h1-7H,8H2,(H2,18,20). The Morgan fingerprint density at radius 1 is 1.19 bits per heavy atom. The molecular formula is C15H11BrFNO3. The van der Waals surface area contributed by atoms with Crippen molar-refractivity contribution in [2.45, 2.75) is 0 Å². The summed E-state index contributed by atoms with van der Waals surface area (Å²) in [6, 6.07) is 10.6. The highest BCUT2D eigenvalue weighted by molar-refractivity contribution is 9.10. The van der Waals surface area contributed by atoms with Gasteiger partial charge in [-0.1, -0.05) is 34.1 Å². The third-order valence-corrected chi connectivity index (χ3v) is 3.22. The Morgan fingerprint density at radius 2 is 1.90 bits per heavy atom. The van der Waals surface area contributed by atoms with Gasteiger partial charge in [0.25, 0.3) is 5.91 Å². The topological polar surface area (TPSA) is 69.4 Å². The second kappa shape index (κ2) is 6.49. The van der Waals surface area contributed by atoms with Crippen LogP contribution in [0, 0.1) is 5.82 Å². The fraction of sp³-hybridized carbons (Fsp3) is 0.0667. The highest BCUT2D eigenvalue weighted by Crippen LogP contribution is 2.21. The molecule has 2 aromatic carbocycles. The lowest BCUT2D eigenvalue weighted by molar-refractivity contribution is 0.0910. The maximum atomic E-state index is 13.5. The van der Waals surface area contributed by atoms with E-state index in [2.05, 4.69) is 15.9 Å². The number of hydrogen-bond acceptors (Lipinski definition) is 3. The van der Waals surface area contributed by atoms with Crippen LogP contribution in [0.15, 0.2) is 46.9 Å². The van der Waals surface area contributed by atoms with Gasteiger partial charge >= 0.3 is 0 Å². The minimum Gasteiger partial charge on any atom is -0.484 e. The molecule has 2 N–H and O–H groups in total. The lowest BCUT2D eigenvalue weighted by Gasteiger charge is -2.09. The van der Waals surface area contributed by atoms with Crippen LogP contribution < -0.4 is 10.5 Å². The maximum Gasteiger partial charge on any atom is 0.255 e. The molecule has 6 heteroatoms. The summed E-state index contributed by atoms with van der Waals surface area (Å²) < 4.78 is 19.5. The van der Waals surface area contributed by atoms with E-state index in [4.69, 9.17) is 10.5 Å². The van der Waals surface area contributed by atoms with E-state index in [-0.39, 0.29) is 23.7 Å². The average Bonchev–Trinajstić information content (AvgIpc) is 2.44. The van der Waals surface area contributed by atoms with E-state index in [9.17, 15) is 14.0 Å². The number of hydrogen-bond donors (Lipinski definition) is 1. The molecule has 4 nitrogen and oxygen atoms in total. The van der Waals surface area contributed by atoms with Crippen molar-refractivity contribution in [3.63, 3.8) is 0 Å². The molecule has 108 valence electrons. The Balaban J connectivity index is 2.15. The van der Waals surface area contributed by atoms with Crippen LogP contribution >= 0.6 is 15.9 Å². The summed E-state index contributed by atoms with van der Waals surface area (Å²) >= 11 is 3.26. The molecule has 0 heterocycles. The highest BCUT2D eigenvalue weighted by atomic mass is 79.9. The lowest BCUT2D eigenvalue weighted by Crippen LogP contribution is -2.18. The summed E-state index contributed by atoms with van der Waals surface area (Å²) in [7, 11) is 0. The molecule has 1 amide bonds. The van der Waals surface area contributed by atoms with Crippen molar-refractivity contribution in [1.29, 1.82) is 0 Å². The SMILES string of the molecule is NC(=O)c1c(F)cccc1OCC(=O)c1cccc(Br)c1. The molecule has 0 aliphatic heterocycles. The van der Waals surface area contributed by atoms with Crippen LogP contribution in [-0.4, -0.2) is 18.3 Å². The number of carbonyl (C=O) groups is 2. The van der Waals surface area contributed by atoms with Crippen LogP contribution in [-0.2, 0) is 0 Å². The highest BCUT2D eigenvalue weighted by Gasteiger charge is 2.16. The summed E-state index contributed by atoms with van der Waals surface area (Å²) in [5.41, 5.74) is 5.19. The monoisotopic (exact) mass is 351 g/mol. The van der Waals surface area contributed by atoms with Crippen molar-refractivity contribution in [2.75, 3.05) is 6.61 Å². The van der Waals surface area contributed by atoms with Gasteiger partial charge in [0.05, 0.1) is 0 Å². The maximum absolute atomic E-state index is 13.5. The predicted octanol–water partition coefficient (Wildman–Crippen LogP) is 2.95. The van der Waals surface area contributed by atoms with Gasteiger partial charge in [-0.25, -0.2) is 4.39 Å². The van der Waals surface area contributed by atoms with E-state index in [0.29, 0.717) is 5.56 Å². The molecular weight excluding hydrogens is 341 g/mol. The molecule has 2 aromatic rings. The van der Waals surface area contributed by atoms with Gasteiger partial charge in [0, 0.05) is 10.0 Å². The van der Waals surface area contributed by atoms with Crippen molar-refractivity contribution in [3.8, 4) is 5.75 Å². The van der Waals surface area contributed by atoms with Crippen LogP contribution in [0.3, 0.4) is 0 Å². The zero-order valence-corrected chi connectivity index (χ0v) is 12.4. The zero-order chi connectivity index (χ0) is 15.4. The third kappa shape index (κ3) is 3.66. The van der Waals surface area contributed by atoms with Gasteiger partial charge in [0.15, 0.2) is 12.4 Å². The molecule has 21 heavy (non-hydrogen) atoms. The Labute approximate surface area is 128 Å². The molecule has 0 radical (unpaired) electrons. The van der Waals surface area contributed by atoms with Gasteiger partial charge in [-0.15, -0.1) is 0 Å². The van der Waals surface area contributed by atoms with E-state index < -0.39 is 11.7 Å². The molecule has 0 aliphatic carbocycles. The van der Waals surface area contributed by atoms with Gasteiger partial charge in [-0.05, 0) is 24.3 Å². The Kier molecular flexibility index (Phi) is 4.70. The molecule has 0 atom stereocenters. The second-order valence-corrected chi connectivity index (χ2v) is 5.12. The minimum atomic E-state index is -0.946. The van der Waals surface area contributed by atoms with E-state index in [1.165, 1.54) is 12.1 Å². The fourth-order valence-corrected chi connectivity index (χ4v) is 2.15. The number of ketones is 1. The Morgan fingerprint density at radius 3 is 2.57 bits per heavy atom. The fourth-order valence-electron chi connectivity index (χ4n) is 1.75. The minimum absolute atomic E-state index is 0.0501. The first kappa shape index (κ1) is 15.2. The van der Waals surface area contributed by atoms with Crippen molar-refractivity contribution < 1.29 is 18.7 Å². The molecule has 0 spiro atoms. The summed E-state index contributed by atoms with van der Waals surface area (Å²) in [6.45, 7) is -0.319. The van der Waals surface area contributed by atoms with Crippen molar-refractivity contribution in [3.05, 3.63) is 63.9 Å². The van der Waals surface area contributed by atoms with Gasteiger partial charge in [-0.2, -0.15) is 0 Å². The Hall–Kier alpha value is -2.21. The van der Waals surface area contributed by atoms with E-state index >= 15 is 0 Å². The molecule has 0 fully saturated rings. The van der Waals surface area contributed by atoms with Gasteiger partial charge in [-0.3, -0.25) is 9.59 Å². The predicted molar refractivity (Wildman–Crippen MR) is 78.9 cm³/mol. The van der Waals surface area contributed by atoms with E-state index in [0.717, 1.165) is 10.5 Å². The summed E-state index contributed by atoms with van der Waals surface area (Å²) in [5, 5.41) is 0. The number of rotatable bonds is 5. The van der Waals surface area contributed by atoms with Crippen molar-refractivity contribution in [2.24, 2.45) is 5.73 Å². The van der Waals surface area contributed by atoms with Crippen LogP contribution in [0.25, 0.3) is 0 Å². The van der Waals surface area contributed by atoms with Crippen LogP contribution in [0.2, 0.25) is 0 Å². The van der Waals surface area contributed by atoms with E-state index in [1.807, 2.05) is 0 Å². The first-order valence-corrected chi connectivity index (χ1v) is 6.78. The van der Waals surface area contributed by atoms with Crippen LogP contribution in [0.1, 0.15) is 20.7 Å². The molecule has 2 rings (SSSR count). The molecule has 0 bridgehead atoms. The summed E-state index contributed by atoms with van der Waals surface area (Å²) in [6.07, 6.45) is 0. The molecule has 0 aromatic heterocycles. The molecule has 0 saturated carbocycles. The van der Waals surface area contributed by atoms with Crippen molar-refractivity contribution in [1.82, 2.24) is 0 Å². The number of halogens is 2. The smallest absolute Gasteiger partial charge is 0.255 e. The summed E-state index contributed by atoms with van der Waals surface area (Å²) in [4.78, 5) is 23.2. The largest absolute Gasteiger partial charge is 0.484 e. The van der Waals surface area contributed by atoms with Crippen LogP contribution in [0.5, 0.6) is 5.75 Å². The first-order chi connectivity index (χ1) is 9.99. The number of amides is 1. The summed E-state index contributed by atoms with van der Waals surface area (Å²) in [5.74, 6) is -2.07. The van der Waals surface area contributed by atoms with Gasteiger partial charge in [0.1, 0.15) is 17.1 Å². The molecule has 0 unspecified atom stereocenters. The van der Waals surface area contributed by atoms with Crippen molar-refractivity contribution >= 4 is 27.6 Å². The molecule has 0 saturated heterocycles. The average molecular weight is 352 g/mol. The number of carbonyl (C=O) groups excluding carboxylic acids is 2. The number of ether oxygens (including phenoxy) is 1.